The van der Waals surface area contributed by atoms with E-state index < -0.39 is 17.6 Å². The van der Waals surface area contributed by atoms with Crippen LogP contribution in [0.5, 0.6) is 0 Å². The summed E-state index contributed by atoms with van der Waals surface area (Å²) in [5.41, 5.74) is 4.36. The van der Waals surface area contributed by atoms with Crippen molar-refractivity contribution >= 4 is 24.0 Å². The summed E-state index contributed by atoms with van der Waals surface area (Å²) in [6.07, 6.45) is 0.528. The van der Waals surface area contributed by atoms with Crippen LogP contribution in [-0.2, 0) is 19.1 Å². The van der Waals surface area contributed by atoms with E-state index in [0.29, 0.717) is 38.9 Å². The quantitative estimate of drug-likeness (QED) is 0.663. The second-order valence-corrected chi connectivity index (χ2v) is 9.08. The predicted molar refractivity (Wildman–Crippen MR) is 108 cm³/mol. The lowest BCUT2D eigenvalue weighted by Gasteiger charge is -2.31. The molecule has 10 heteroatoms. The minimum Gasteiger partial charge on any atom is -0.447 e. The predicted octanol–water partition coefficient (Wildman–Crippen LogP) is 1.65. The van der Waals surface area contributed by atoms with Crippen molar-refractivity contribution in [2.24, 2.45) is 11.8 Å². The number of hydrogen-bond donors (Lipinski definition) is 2. The second kappa shape index (κ2) is 9.99. The smallest absolute Gasteiger partial charge is 0.410 e. The SMILES string of the molecule is CC(C)OC(=O)N1CCC(C(=O)NNC(=O)C2CCN(C(=O)OC(C)(C)C)C2)CC1. The van der Waals surface area contributed by atoms with Crippen molar-refractivity contribution in [2.45, 2.75) is 65.6 Å². The Morgan fingerprint density at radius 3 is 1.87 bits per heavy atom. The Labute approximate surface area is 177 Å². The molecule has 0 aromatic heterocycles. The highest BCUT2D eigenvalue weighted by Crippen LogP contribution is 2.20. The number of nitrogens with zero attached hydrogens (tertiary/aromatic N) is 2. The second-order valence-electron chi connectivity index (χ2n) is 9.08. The van der Waals surface area contributed by atoms with E-state index in [-0.39, 0.29) is 36.5 Å². The number of ether oxygens (including phenoxy) is 2. The molecule has 1 atom stereocenters. The van der Waals surface area contributed by atoms with Gasteiger partial charge in [-0.1, -0.05) is 0 Å². The summed E-state index contributed by atoms with van der Waals surface area (Å²) in [6.45, 7) is 10.5. The fraction of sp³-hybridized carbons (Fsp3) is 0.800. The van der Waals surface area contributed by atoms with Gasteiger partial charge in [-0.05, 0) is 53.9 Å². The standard InChI is InChI=1S/C20H34N4O6/c1-13(2)29-18(27)23-9-6-14(7-10-23)16(25)21-22-17(26)15-8-11-24(12-15)19(28)30-20(3,4)5/h13-15H,6-12H2,1-5H3,(H,21,25)(H,22,26). The van der Waals surface area contributed by atoms with Crippen LogP contribution in [-0.4, -0.2) is 71.7 Å². The zero-order valence-corrected chi connectivity index (χ0v) is 18.5. The van der Waals surface area contributed by atoms with E-state index in [9.17, 15) is 19.2 Å². The lowest BCUT2D eigenvalue weighted by atomic mass is 9.96. The topological polar surface area (TPSA) is 117 Å². The van der Waals surface area contributed by atoms with Crippen molar-refractivity contribution in [1.29, 1.82) is 0 Å². The summed E-state index contributed by atoms with van der Waals surface area (Å²) in [5, 5.41) is 0. The molecule has 4 amide bonds. The Morgan fingerprint density at radius 2 is 1.33 bits per heavy atom. The molecule has 10 nitrogen and oxygen atoms in total. The van der Waals surface area contributed by atoms with Gasteiger partial charge in [0.15, 0.2) is 0 Å². The number of hydrogen-bond acceptors (Lipinski definition) is 6. The first-order chi connectivity index (χ1) is 14.0. The van der Waals surface area contributed by atoms with E-state index in [2.05, 4.69) is 10.9 Å². The fourth-order valence-electron chi connectivity index (χ4n) is 3.39. The lowest BCUT2D eigenvalue weighted by molar-refractivity contribution is -0.133. The molecule has 0 spiro atoms. The minimum atomic E-state index is -0.591. The molecule has 2 rings (SSSR count). The molecule has 2 aliphatic rings. The summed E-state index contributed by atoms with van der Waals surface area (Å²) in [5.74, 6) is -1.28. The molecule has 0 aromatic carbocycles. The number of carbonyl (C=O) groups is 4. The van der Waals surface area contributed by atoms with Gasteiger partial charge in [0.1, 0.15) is 5.60 Å². The maximum atomic E-state index is 12.4. The number of hydrazine groups is 1. The average Bonchev–Trinajstić information content (AvgIpc) is 3.14. The lowest BCUT2D eigenvalue weighted by Crippen LogP contribution is -2.50. The molecule has 0 aromatic rings. The molecule has 30 heavy (non-hydrogen) atoms. The molecule has 0 bridgehead atoms. The highest BCUT2D eigenvalue weighted by molar-refractivity contribution is 5.85. The van der Waals surface area contributed by atoms with Gasteiger partial charge >= 0.3 is 12.2 Å². The Morgan fingerprint density at radius 1 is 0.833 bits per heavy atom. The van der Waals surface area contributed by atoms with Gasteiger partial charge in [0.05, 0.1) is 12.0 Å². The van der Waals surface area contributed by atoms with Crippen molar-refractivity contribution in [1.82, 2.24) is 20.7 Å². The molecule has 170 valence electrons. The number of nitrogens with one attached hydrogen (secondary N) is 2. The molecular weight excluding hydrogens is 392 g/mol. The highest BCUT2D eigenvalue weighted by Gasteiger charge is 2.34. The van der Waals surface area contributed by atoms with Crippen LogP contribution in [0.4, 0.5) is 9.59 Å². The van der Waals surface area contributed by atoms with Crippen molar-refractivity contribution < 1.29 is 28.7 Å². The first-order valence-electron chi connectivity index (χ1n) is 10.5. The molecule has 0 aliphatic carbocycles. The van der Waals surface area contributed by atoms with Crippen LogP contribution in [0.2, 0.25) is 0 Å². The molecule has 2 aliphatic heterocycles. The zero-order valence-electron chi connectivity index (χ0n) is 18.5. The Kier molecular flexibility index (Phi) is 7.91. The van der Waals surface area contributed by atoms with Crippen molar-refractivity contribution in [3.05, 3.63) is 0 Å². The normalized spacial score (nSPS) is 20.1. The third kappa shape index (κ3) is 7.07. The highest BCUT2D eigenvalue weighted by atomic mass is 16.6. The van der Waals surface area contributed by atoms with Crippen LogP contribution in [0.25, 0.3) is 0 Å². The van der Waals surface area contributed by atoms with Crippen LogP contribution >= 0.6 is 0 Å². The summed E-state index contributed by atoms with van der Waals surface area (Å²) in [7, 11) is 0. The Balaban J connectivity index is 1.71. The zero-order chi connectivity index (χ0) is 22.5. The minimum absolute atomic E-state index is 0.185. The molecule has 2 saturated heterocycles. The average molecular weight is 427 g/mol. The monoisotopic (exact) mass is 426 g/mol. The van der Waals surface area contributed by atoms with Gasteiger partial charge in [-0.25, -0.2) is 9.59 Å². The van der Waals surface area contributed by atoms with Gasteiger partial charge in [0.25, 0.3) is 0 Å². The van der Waals surface area contributed by atoms with Crippen LogP contribution in [0, 0.1) is 11.8 Å². The van der Waals surface area contributed by atoms with Crippen molar-refractivity contribution in [3.63, 3.8) is 0 Å². The van der Waals surface area contributed by atoms with Crippen molar-refractivity contribution in [3.8, 4) is 0 Å². The molecule has 2 heterocycles. The van der Waals surface area contributed by atoms with Gasteiger partial charge in [-0.2, -0.15) is 0 Å². The molecule has 2 fully saturated rings. The van der Waals surface area contributed by atoms with E-state index in [1.807, 2.05) is 0 Å². The van der Waals surface area contributed by atoms with E-state index in [0.717, 1.165) is 0 Å². The Bertz CT molecular complexity index is 652. The Hall–Kier alpha value is -2.52. The number of likely N-dealkylation sites (tertiary alicyclic amines) is 2. The summed E-state index contributed by atoms with van der Waals surface area (Å²) in [4.78, 5) is 51.8. The van der Waals surface area contributed by atoms with Crippen molar-refractivity contribution in [2.75, 3.05) is 26.2 Å². The van der Waals surface area contributed by atoms with Gasteiger partial charge in [0, 0.05) is 32.1 Å². The number of amides is 4. The van der Waals surface area contributed by atoms with E-state index in [1.54, 1.807) is 39.5 Å². The van der Waals surface area contributed by atoms with E-state index in [4.69, 9.17) is 9.47 Å². The summed E-state index contributed by atoms with van der Waals surface area (Å²) >= 11 is 0. The fourth-order valence-corrected chi connectivity index (χ4v) is 3.39. The van der Waals surface area contributed by atoms with Gasteiger partial charge in [0.2, 0.25) is 11.8 Å². The number of carbonyl (C=O) groups excluding carboxylic acids is 4. The maximum Gasteiger partial charge on any atom is 0.410 e. The largest absolute Gasteiger partial charge is 0.447 e. The first kappa shape index (κ1) is 23.8. The number of piperidine rings is 1. The third-order valence-corrected chi connectivity index (χ3v) is 4.98. The number of rotatable bonds is 3. The van der Waals surface area contributed by atoms with Gasteiger partial charge < -0.3 is 19.3 Å². The molecule has 2 N–H and O–H groups in total. The van der Waals surface area contributed by atoms with Crippen LogP contribution in [0.3, 0.4) is 0 Å². The summed E-state index contributed by atoms with van der Waals surface area (Å²) < 4.78 is 10.5. The van der Waals surface area contributed by atoms with Gasteiger partial charge in [-0.15, -0.1) is 0 Å². The molecule has 0 radical (unpaired) electrons. The van der Waals surface area contributed by atoms with Gasteiger partial charge in [-0.3, -0.25) is 20.4 Å². The van der Waals surface area contributed by atoms with Crippen LogP contribution in [0.15, 0.2) is 0 Å². The third-order valence-electron chi connectivity index (χ3n) is 4.98. The molecule has 0 saturated carbocycles. The first-order valence-corrected chi connectivity index (χ1v) is 10.5. The van der Waals surface area contributed by atoms with Crippen LogP contribution < -0.4 is 10.9 Å². The van der Waals surface area contributed by atoms with Crippen LogP contribution in [0.1, 0.15) is 53.9 Å². The summed E-state index contributed by atoms with van der Waals surface area (Å²) in [6, 6.07) is 0. The van der Waals surface area contributed by atoms with E-state index in [1.165, 1.54) is 4.90 Å². The van der Waals surface area contributed by atoms with E-state index >= 15 is 0 Å². The molecule has 1 unspecified atom stereocenters. The molecular formula is C20H34N4O6. The maximum absolute atomic E-state index is 12.4.